The molecule has 0 aromatic heterocycles. The standard InChI is InChI=1S/C12H17ClN2S/c1-8(2)6-7-15-10-5-3-4-9(13)11(10)12(14)16/h3-5,8,15H,6-7H2,1-2H3,(H2,14,16). The fraction of sp³-hybridized carbons (Fsp3) is 0.417. The van der Waals surface area contributed by atoms with Crippen LogP contribution in [0.2, 0.25) is 5.02 Å². The van der Waals surface area contributed by atoms with E-state index in [2.05, 4.69) is 19.2 Å². The van der Waals surface area contributed by atoms with E-state index >= 15 is 0 Å². The van der Waals surface area contributed by atoms with Gasteiger partial charge in [-0.3, -0.25) is 0 Å². The number of nitrogens with two attached hydrogens (primary N) is 1. The summed E-state index contributed by atoms with van der Waals surface area (Å²) in [5.41, 5.74) is 7.31. The molecule has 0 fully saturated rings. The lowest BCUT2D eigenvalue weighted by molar-refractivity contribution is 0.607. The van der Waals surface area contributed by atoms with Crippen molar-refractivity contribution in [2.24, 2.45) is 11.7 Å². The summed E-state index contributed by atoms with van der Waals surface area (Å²) in [5.74, 6) is 0.667. The van der Waals surface area contributed by atoms with E-state index in [-0.39, 0.29) is 0 Å². The molecule has 0 amide bonds. The Labute approximate surface area is 107 Å². The molecule has 0 saturated carbocycles. The summed E-state index contributed by atoms with van der Waals surface area (Å²) in [6.45, 7) is 5.27. The first-order valence-corrected chi connectivity index (χ1v) is 6.13. The van der Waals surface area contributed by atoms with Crippen molar-refractivity contribution < 1.29 is 0 Å². The second-order valence-corrected chi connectivity index (χ2v) is 4.98. The van der Waals surface area contributed by atoms with Crippen LogP contribution in [-0.4, -0.2) is 11.5 Å². The van der Waals surface area contributed by atoms with Gasteiger partial charge < -0.3 is 11.1 Å². The van der Waals surface area contributed by atoms with Gasteiger partial charge in [0.25, 0.3) is 0 Å². The third-order valence-electron chi connectivity index (χ3n) is 2.30. The molecule has 0 bridgehead atoms. The highest BCUT2D eigenvalue weighted by molar-refractivity contribution is 7.80. The smallest absolute Gasteiger partial charge is 0.107 e. The molecular formula is C12H17ClN2S. The second-order valence-electron chi connectivity index (χ2n) is 4.14. The minimum absolute atomic E-state index is 0.331. The molecule has 0 spiro atoms. The molecule has 4 heteroatoms. The van der Waals surface area contributed by atoms with E-state index in [1.807, 2.05) is 12.1 Å². The van der Waals surface area contributed by atoms with Crippen molar-refractivity contribution in [3.63, 3.8) is 0 Å². The Bertz CT molecular complexity index is 377. The van der Waals surface area contributed by atoms with Crippen molar-refractivity contribution in [3.8, 4) is 0 Å². The third kappa shape index (κ3) is 3.65. The van der Waals surface area contributed by atoms with Gasteiger partial charge in [0.2, 0.25) is 0 Å². The predicted molar refractivity (Wildman–Crippen MR) is 75.3 cm³/mol. The lowest BCUT2D eigenvalue weighted by atomic mass is 10.1. The fourth-order valence-electron chi connectivity index (χ4n) is 1.42. The molecule has 0 unspecified atom stereocenters. The molecule has 0 aliphatic carbocycles. The van der Waals surface area contributed by atoms with Crippen molar-refractivity contribution >= 4 is 34.5 Å². The number of thiocarbonyl (C=S) groups is 1. The molecule has 1 aromatic carbocycles. The fourth-order valence-corrected chi connectivity index (χ4v) is 1.97. The maximum atomic E-state index is 6.06. The maximum absolute atomic E-state index is 6.06. The van der Waals surface area contributed by atoms with Gasteiger partial charge in [0, 0.05) is 12.2 Å². The molecule has 88 valence electrons. The molecule has 3 N–H and O–H groups in total. The number of rotatable bonds is 5. The number of halogens is 1. The van der Waals surface area contributed by atoms with E-state index in [0.717, 1.165) is 24.2 Å². The largest absolute Gasteiger partial charge is 0.389 e. The minimum Gasteiger partial charge on any atom is -0.389 e. The van der Waals surface area contributed by atoms with Gasteiger partial charge in [0.1, 0.15) is 4.99 Å². The minimum atomic E-state index is 0.331. The van der Waals surface area contributed by atoms with Crippen LogP contribution < -0.4 is 11.1 Å². The summed E-state index contributed by atoms with van der Waals surface area (Å²) in [6.07, 6.45) is 1.10. The van der Waals surface area contributed by atoms with E-state index in [9.17, 15) is 0 Å². The Morgan fingerprint density at radius 2 is 2.19 bits per heavy atom. The quantitative estimate of drug-likeness (QED) is 0.793. The lowest BCUT2D eigenvalue weighted by Crippen LogP contribution is -2.15. The molecule has 0 atom stereocenters. The highest BCUT2D eigenvalue weighted by Gasteiger charge is 2.09. The molecule has 0 heterocycles. The van der Waals surface area contributed by atoms with Crippen LogP contribution in [0.5, 0.6) is 0 Å². The maximum Gasteiger partial charge on any atom is 0.107 e. The molecule has 0 aliphatic heterocycles. The van der Waals surface area contributed by atoms with Crippen LogP contribution in [-0.2, 0) is 0 Å². The summed E-state index contributed by atoms with van der Waals surface area (Å²) in [6, 6.07) is 5.63. The first kappa shape index (κ1) is 13.3. The zero-order chi connectivity index (χ0) is 12.1. The Morgan fingerprint density at radius 3 is 2.75 bits per heavy atom. The number of hydrogen-bond donors (Lipinski definition) is 2. The van der Waals surface area contributed by atoms with Crippen LogP contribution >= 0.6 is 23.8 Å². The van der Waals surface area contributed by atoms with Gasteiger partial charge in [-0.05, 0) is 24.5 Å². The molecule has 0 aliphatic rings. The van der Waals surface area contributed by atoms with Crippen LogP contribution in [0.3, 0.4) is 0 Å². The van der Waals surface area contributed by atoms with Crippen molar-refractivity contribution in [2.45, 2.75) is 20.3 Å². The summed E-state index contributed by atoms with van der Waals surface area (Å²) >= 11 is 11.1. The van der Waals surface area contributed by atoms with Gasteiger partial charge in [-0.1, -0.05) is 43.7 Å². The average Bonchev–Trinajstić information content (AvgIpc) is 2.16. The van der Waals surface area contributed by atoms with Gasteiger partial charge in [0.15, 0.2) is 0 Å². The third-order valence-corrected chi connectivity index (χ3v) is 2.82. The SMILES string of the molecule is CC(C)CCNc1cccc(Cl)c1C(N)=S. The Hall–Kier alpha value is -0.800. The van der Waals surface area contributed by atoms with Crippen molar-refractivity contribution in [3.05, 3.63) is 28.8 Å². The van der Waals surface area contributed by atoms with Crippen LogP contribution in [0.25, 0.3) is 0 Å². The normalized spacial score (nSPS) is 10.5. The van der Waals surface area contributed by atoms with Crippen LogP contribution in [0.4, 0.5) is 5.69 Å². The van der Waals surface area contributed by atoms with Gasteiger partial charge in [-0.2, -0.15) is 0 Å². The van der Waals surface area contributed by atoms with Gasteiger partial charge in [-0.15, -0.1) is 0 Å². The Kier molecular flexibility index (Phi) is 5.03. The van der Waals surface area contributed by atoms with E-state index in [1.54, 1.807) is 6.07 Å². The van der Waals surface area contributed by atoms with Gasteiger partial charge in [0.05, 0.1) is 10.6 Å². The van der Waals surface area contributed by atoms with Crippen LogP contribution in [0.15, 0.2) is 18.2 Å². The topological polar surface area (TPSA) is 38.0 Å². The molecule has 1 aromatic rings. The summed E-state index contributed by atoms with van der Waals surface area (Å²) < 4.78 is 0. The molecule has 2 nitrogen and oxygen atoms in total. The summed E-state index contributed by atoms with van der Waals surface area (Å²) in [7, 11) is 0. The number of benzene rings is 1. The first-order valence-electron chi connectivity index (χ1n) is 5.34. The number of anilines is 1. The van der Waals surface area contributed by atoms with E-state index in [4.69, 9.17) is 29.6 Å². The van der Waals surface area contributed by atoms with Crippen molar-refractivity contribution in [1.29, 1.82) is 0 Å². The molecule has 0 radical (unpaired) electrons. The highest BCUT2D eigenvalue weighted by atomic mass is 35.5. The van der Waals surface area contributed by atoms with Crippen molar-refractivity contribution in [1.82, 2.24) is 0 Å². The number of nitrogens with one attached hydrogen (secondary N) is 1. The average molecular weight is 257 g/mol. The highest BCUT2D eigenvalue weighted by Crippen LogP contribution is 2.24. The number of hydrogen-bond acceptors (Lipinski definition) is 2. The summed E-state index contributed by atoms with van der Waals surface area (Å²) in [5, 5.41) is 3.91. The molecular weight excluding hydrogens is 240 g/mol. The van der Waals surface area contributed by atoms with Gasteiger partial charge in [-0.25, -0.2) is 0 Å². The first-order chi connectivity index (χ1) is 7.52. The molecule has 1 rings (SSSR count). The predicted octanol–water partition coefficient (Wildman–Crippen LogP) is 3.43. The van der Waals surface area contributed by atoms with Gasteiger partial charge >= 0.3 is 0 Å². The van der Waals surface area contributed by atoms with E-state index < -0.39 is 0 Å². The zero-order valence-electron chi connectivity index (χ0n) is 9.59. The zero-order valence-corrected chi connectivity index (χ0v) is 11.2. The van der Waals surface area contributed by atoms with E-state index in [1.165, 1.54) is 0 Å². The Balaban J connectivity index is 2.79. The Morgan fingerprint density at radius 1 is 1.50 bits per heavy atom. The monoisotopic (exact) mass is 256 g/mol. The lowest BCUT2D eigenvalue weighted by Gasteiger charge is -2.13. The summed E-state index contributed by atoms with van der Waals surface area (Å²) in [4.78, 5) is 0.331. The van der Waals surface area contributed by atoms with E-state index in [0.29, 0.717) is 15.9 Å². The van der Waals surface area contributed by atoms with Crippen LogP contribution in [0, 0.1) is 5.92 Å². The molecule has 16 heavy (non-hydrogen) atoms. The van der Waals surface area contributed by atoms with Crippen LogP contribution in [0.1, 0.15) is 25.8 Å². The molecule has 0 saturated heterocycles. The second kappa shape index (κ2) is 6.06. The van der Waals surface area contributed by atoms with Crippen molar-refractivity contribution in [2.75, 3.05) is 11.9 Å².